The van der Waals surface area contributed by atoms with Crippen molar-refractivity contribution in [3.63, 3.8) is 0 Å². The third-order valence-corrected chi connectivity index (χ3v) is 2.92. The molecular weight excluding hydrogens is 275 g/mol. The van der Waals surface area contributed by atoms with Gasteiger partial charge in [-0.25, -0.2) is 9.07 Å². The molecule has 0 saturated heterocycles. The summed E-state index contributed by atoms with van der Waals surface area (Å²) in [5, 5.41) is 19.1. The number of aryl methyl sites for hydroxylation is 1. The minimum Gasteiger partial charge on any atom is -0.396 e. The largest absolute Gasteiger partial charge is 0.396 e. The van der Waals surface area contributed by atoms with E-state index in [-0.39, 0.29) is 31.4 Å². The van der Waals surface area contributed by atoms with E-state index in [4.69, 9.17) is 5.11 Å². The monoisotopic (exact) mass is 292 g/mol. The van der Waals surface area contributed by atoms with Crippen LogP contribution in [-0.2, 0) is 24.3 Å². The van der Waals surface area contributed by atoms with E-state index in [2.05, 4.69) is 15.6 Å². The number of benzene rings is 1. The Bertz CT molecular complexity index is 600. The SMILES string of the molecule is O=C(Cn1cc(CCCO)nn1)NCc1ccccc1F. The van der Waals surface area contributed by atoms with Gasteiger partial charge in [-0.2, -0.15) is 0 Å². The summed E-state index contributed by atoms with van der Waals surface area (Å²) in [6.45, 7) is 0.258. The molecule has 2 N–H and O–H groups in total. The molecule has 1 heterocycles. The van der Waals surface area contributed by atoms with E-state index >= 15 is 0 Å². The highest BCUT2D eigenvalue weighted by Gasteiger charge is 2.07. The fourth-order valence-electron chi connectivity index (χ4n) is 1.83. The highest BCUT2D eigenvalue weighted by molar-refractivity contribution is 5.75. The van der Waals surface area contributed by atoms with E-state index in [9.17, 15) is 9.18 Å². The maximum Gasteiger partial charge on any atom is 0.242 e. The number of nitrogens with one attached hydrogen (secondary N) is 1. The third-order valence-electron chi connectivity index (χ3n) is 2.92. The smallest absolute Gasteiger partial charge is 0.242 e. The van der Waals surface area contributed by atoms with E-state index in [1.165, 1.54) is 10.7 Å². The van der Waals surface area contributed by atoms with E-state index in [0.717, 1.165) is 5.69 Å². The molecule has 0 aliphatic rings. The number of rotatable bonds is 7. The first-order chi connectivity index (χ1) is 10.2. The van der Waals surface area contributed by atoms with Crippen LogP contribution in [-0.4, -0.2) is 32.6 Å². The standard InChI is InChI=1S/C14H17FN4O2/c15-13-6-2-1-4-11(13)8-16-14(21)10-19-9-12(17-18-19)5-3-7-20/h1-2,4,6,9,20H,3,5,7-8,10H2,(H,16,21). The lowest BCUT2D eigenvalue weighted by Crippen LogP contribution is -2.27. The normalized spacial score (nSPS) is 10.6. The second-order valence-corrected chi connectivity index (χ2v) is 4.60. The van der Waals surface area contributed by atoms with Crippen molar-refractivity contribution < 1.29 is 14.3 Å². The Hall–Kier alpha value is -2.28. The average molecular weight is 292 g/mol. The molecule has 0 spiro atoms. The van der Waals surface area contributed by atoms with E-state index < -0.39 is 0 Å². The lowest BCUT2D eigenvalue weighted by molar-refractivity contribution is -0.122. The van der Waals surface area contributed by atoms with Crippen molar-refractivity contribution in [3.05, 3.63) is 47.5 Å². The number of aliphatic hydroxyl groups excluding tert-OH is 1. The first-order valence-electron chi connectivity index (χ1n) is 6.69. The number of amides is 1. The number of carbonyl (C=O) groups excluding carboxylic acids is 1. The molecule has 21 heavy (non-hydrogen) atoms. The van der Waals surface area contributed by atoms with Gasteiger partial charge in [-0.15, -0.1) is 5.10 Å². The predicted molar refractivity (Wildman–Crippen MR) is 73.7 cm³/mol. The van der Waals surface area contributed by atoms with Crippen LogP contribution in [0.2, 0.25) is 0 Å². The third kappa shape index (κ3) is 4.64. The molecule has 1 aromatic carbocycles. The Morgan fingerprint density at radius 1 is 1.38 bits per heavy atom. The molecule has 0 aliphatic carbocycles. The van der Waals surface area contributed by atoms with Crippen molar-refractivity contribution >= 4 is 5.91 Å². The molecular formula is C14H17FN4O2. The lowest BCUT2D eigenvalue weighted by Gasteiger charge is -2.05. The van der Waals surface area contributed by atoms with Crippen molar-refractivity contribution in [3.8, 4) is 0 Å². The molecule has 2 aromatic rings. The Kier molecular flexibility index (Phi) is 5.39. The van der Waals surface area contributed by atoms with Crippen LogP contribution in [0.25, 0.3) is 0 Å². The zero-order valence-electron chi connectivity index (χ0n) is 11.5. The van der Waals surface area contributed by atoms with E-state index in [1.807, 2.05) is 0 Å². The zero-order valence-corrected chi connectivity index (χ0v) is 11.5. The summed E-state index contributed by atoms with van der Waals surface area (Å²) in [4.78, 5) is 11.8. The predicted octanol–water partition coefficient (Wildman–Crippen LogP) is 0.658. The molecule has 0 aliphatic heterocycles. The quantitative estimate of drug-likeness (QED) is 0.785. The van der Waals surface area contributed by atoms with Crippen LogP contribution in [0.15, 0.2) is 30.5 Å². The molecule has 2 rings (SSSR count). The van der Waals surface area contributed by atoms with Gasteiger partial charge in [0.05, 0.1) is 5.69 Å². The molecule has 0 atom stereocenters. The highest BCUT2D eigenvalue weighted by Crippen LogP contribution is 2.05. The summed E-state index contributed by atoms with van der Waals surface area (Å²) in [6.07, 6.45) is 2.89. The van der Waals surface area contributed by atoms with Crippen LogP contribution in [0, 0.1) is 5.82 Å². The lowest BCUT2D eigenvalue weighted by atomic mass is 10.2. The molecule has 0 unspecified atom stereocenters. The van der Waals surface area contributed by atoms with Gasteiger partial charge in [-0.3, -0.25) is 4.79 Å². The van der Waals surface area contributed by atoms with Gasteiger partial charge in [0.1, 0.15) is 12.4 Å². The molecule has 6 nitrogen and oxygen atoms in total. The average Bonchev–Trinajstić information content (AvgIpc) is 2.91. The molecule has 0 radical (unpaired) electrons. The molecule has 0 bridgehead atoms. The topological polar surface area (TPSA) is 80.0 Å². The summed E-state index contributed by atoms with van der Waals surface area (Å²) >= 11 is 0. The summed E-state index contributed by atoms with van der Waals surface area (Å²) in [5.41, 5.74) is 1.17. The molecule has 0 saturated carbocycles. The van der Waals surface area contributed by atoms with Gasteiger partial charge in [0.15, 0.2) is 0 Å². The maximum absolute atomic E-state index is 13.4. The Balaban J connectivity index is 1.82. The van der Waals surface area contributed by atoms with Crippen LogP contribution in [0.4, 0.5) is 4.39 Å². The second-order valence-electron chi connectivity index (χ2n) is 4.60. The molecule has 7 heteroatoms. The molecule has 112 valence electrons. The van der Waals surface area contributed by atoms with Gasteiger partial charge in [0.2, 0.25) is 5.91 Å². The first kappa shape index (κ1) is 15.1. The van der Waals surface area contributed by atoms with Crippen molar-refractivity contribution in [2.75, 3.05) is 6.61 Å². The summed E-state index contributed by atoms with van der Waals surface area (Å²) in [7, 11) is 0. The van der Waals surface area contributed by atoms with E-state index in [0.29, 0.717) is 18.4 Å². The maximum atomic E-state index is 13.4. The van der Waals surface area contributed by atoms with Crippen LogP contribution >= 0.6 is 0 Å². The number of hydrogen-bond donors (Lipinski definition) is 2. The number of hydrogen-bond acceptors (Lipinski definition) is 4. The van der Waals surface area contributed by atoms with Gasteiger partial charge in [0, 0.05) is 24.9 Å². The van der Waals surface area contributed by atoms with Crippen molar-refractivity contribution in [1.82, 2.24) is 20.3 Å². The number of aliphatic hydroxyl groups is 1. The minimum absolute atomic E-state index is 0.0284. The molecule has 1 aromatic heterocycles. The van der Waals surface area contributed by atoms with Crippen LogP contribution in [0.3, 0.4) is 0 Å². The Morgan fingerprint density at radius 3 is 2.95 bits per heavy atom. The minimum atomic E-state index is -0.343. The Labute approximate surface area is 121 Å². The first-order valence-corrected chi connectivity index (χ1v) is 6.69. The Morgan fingerprint density at radius 2 is 2.19 bits per heavy atom. The number of halogens is 1. The summed E-state index contributed by atoms with van der Waals surface area (Å²) < 4.78 is 14.8. The van der Waals surface area contributed by atoms with Gasteiger partial charge in [-0.1, -0.05) is 23.4 Å². The van der Waals surface area contributed by atoms with Crippen molar-refractivity contribution in [2.45, 2.75) is 25.9 Å². The number of aromatic nitrogens is 3. The van der Waals surface area contributed by atoms with Gasteiger partial charge < -0.3 is 10.4 Å². The zero-order chi connectivity index (χ0) is 15.1. The van der Waals surface area contributed by atoms with Gasteiger partial charge in [0.25, 0.3) is 0 Å². The van der Waals surface area contributed by atoms with Gasteiger partial charge in [-0.05, 0) is 18.9 Å². The van der Waals surface area contributed by atoms with Crippen LogP contribution in [0.1, 0.15) is 17.7 Å². The number of carbonyl (C=O) groups is 1. The fraction of sp³-hybridized carbons (Fsp3) is 0.357. The van der Waals surface area contributed by atoms with Crippen LogP contribution in [0.5, 0.6) is 0 Å². The summed E-state index contributed by atoms with van der Waals surface area (Å²) in [6, 6.07) is 6.30. The molecule has 1 amide bonds. The molecule has 0 fully saturated rings. The number of nitrogens with zero attached hydrogens (tertiary/aromatic N) is 3. The van der Waals surface area contributed by atoms with Gasteiger partial charge >= 0.3 is 0 Å². The van der Waals surface area contributed by atoms with Crippen LogP contribution < -0.4 is 5.32 Å². The summed E-state index contributed by atoms with van der Waals surface area (Å²) in [5.74, 6) is -0.610. The highest BCUT2D eigenvalue weighted by atomic mass is 19.1. The fourth-order valence-corrected chi connectivity index (χ4v) is 1.83. The van der Waals surface area contributed by atoms with E-state index in [1.54, 1.807) is 24.4 Å². The van der Waals surface area contributed by atoms with Crippen molar-refractivity contribution in [1.29, 1.82) is 0 Å². The second kappa shape index (κ2) is 7.49. The van der Waals surface area contributed by atoms with Crippen molar-refractivity contribution in [2.24, 2.45) is 0 Å².